The highest BCUT2D eigenvalue weighted by molar-refractivity contribution is 5.47. The van der Waals surface area contributed by atoms with Gasteiger partial charge >= 0.3 is 0 Å². The van der Waals surface area contributed by atoms with E-state index in [1.807, 2.05) is 0 Å². The van der Waals surface area contributed by atoms with Crippen LogP contribution in [-0.2, 0) is 4.74 Å². The van der Waals surface area contributed by atoms with Crippen LogP contribution in [0.3, 0.4) is 0 Å². The summed E-state index contributed by atoms with van der Waals surface area (Å²) in [6, 6.07) is 0. The van der Waals surface area contributed by atoms with Gasteiger partial charge in [0, 0.05) is 6.54 Å². The first-order valence-corrected chi connectivity index (χ1v) is 5.33. The van der Waals surface area contributed by atoms with Crippen LogP contribution in [0.2, 0.25) is 0 Å². The van der Waals surface area contributed by atoms with Gasteiger partial charge in [0.1, 0.15) is 0 Å². The third-order valence-electron chi connectivity index (χ3n) is 2.02. The molecule has 0 aromatic carbocycles. The fourth-order valence-electron chi connectivity index (χ4n) is 1.21. The van der Waals surface area contributed by atoms with Gasteiger partial charge in [-0.2, -0.15) is 0 Å². The van der Waals surface area contributed by atoms with Crippen LogP contribution in [-0.4, -0.2) is 36.8 Å². The fraction of sp³-hybridized carbons (Fsp3) is 0.455. The molecule has 0 fully saturated rings. The number of hydrogen-bond donors (Lipinski definition) is 2. The van der Waals surface area contributed by atoms with E-state index in [1.165, 1.54) is 13.4 Å². The van der Waals surface area contributed by atoms with Crippen LogP contribution in [0.25, 0.3) is 0 Å². The lowest BCUT2D eigenvalue weighted by Gasteiger charge is -2.08. The van der Waals surface area contributed by atoms with Crippen molar-refractivity contribution < 1.29 is 9.47 Å². The Balaban J connectivity index is 2.39. The molecule has 1 aromatic rings. The summed E-state index contributed by atoms with van der Waals surface area (Å²) >= 11 is 0. The second-order valence-electron chi connectivity index (χ2n) is 3.23. The van der Waals surface area contributed by atoms with Crippen molar-refractivity contribution in [1.29, 1.82) is 0 Å². The summed E-state index contributed by atoms with van der Waals surface area (Å²) in [4.78, 5) is 17.8. The summed E-state index contributed by atoms with van der Waals surface area (Å²) < 4.78 is 10.3. The smallest absolute Gasteiger partial charge is 0.295 e. The van der Waals surface area contributed by atoms with Crippen molar-refractivity contribution in [3.63, 3.8) is 0 Å². The van der Waals surface area contributed by atoms with Crippen LogP contribution < -0.4 is 15.6 Å². The van der Waals surface area contributed by atoms with Crippen LogP contribution in [0.1, 0.15) is 6.42 Å². The molecule has 1 rings (SSSR count). The third-order valence-corrected chi connectivity index (χ3v) is 2.02. The molecule has 17 heavy (non-hydrogen) atoms. The Kier molecular flexibility index (Phi) is 5.81. The largest absolute Gasteiger partial charge is 0.489 e. The second-order valence-corrected chi connectivity index (χ2v) is 3.23. The van der Waals surface area contributed by atoms with Crippen molar-refractivity contribution in [2.45, 2.75) is 6.42 Å². The number of H-pyrrole nitrogens is 1. The Bertz CT molecular complexity index is 403. The molecule has 0 saturated heterocycles. The molecule has 0 spiro atoms. The van der Waals surface area contributed by atoms with E-state index in [-0.39, 0.29) is 11.3 Å². The average molecular weight is 239 g/mol. The van der Waals surface area contributed by atoms with E-state index in [2.05, 4.69) is 21.9 Å². The lowest BCUT2D eigenvalue weighted by molar-refractivity contribution is 0.149. The molecule has 0 amide bonds. The zero-order valence-corrected chi connectivity index (χ0v) is 9.86. The van der Waals surface area contributed by atoms with Crippen LogP contribution >= 0.6 is 0 Å². The quantitative estimate of drug-likeness (QED) is 0.518. The normalized spacial score (nSPS) is 9.94. The molecule has 6 heteroatoms. The molecule has 0 saturated carbocycles. The summed E-state index contributed by atoms with van der Waals surface area (Å²) in [5, 5.41) is 2.97. The molecule has 1 heterocycles. The van der Waals surface area contributed by atoms with E-state index in [0.717, 1.165) is 6.42 Å². The Morgan fingerprint density at radius 3 is 3.12 bits per heavy atom. The molecule has 0 aliphatic carbocycles. The third kappa shape index (κ3) is 4.28. The number of anilines is 1. The maximum Gasteiger partial charge on any atom is 0.295 e. The molecule has 0 radical (unpaired) electrons. The maximum absolute atomic E-state index is 11.3. The minimum absolute atomic E-state index is 0.179. The van der Waals surface area contributed by atoms with Gasteiger partial charge in [-0.1, -0.05) is 6.08 Å². The van der Waals surface area contributed by atoms with Crippen molar-refractivity contribution in [1.82, 2.24) is 9.97 Å². The maximum atomic E-state index is 11.3. The van der Waals surface area contributed by atoms with Crippen LogP contribution in [0.4, 0.5) is 5.82 Å². The Morgan fingerprint density at radius 2 is 2.41 bits per heavy atom. The molecule has 0 aliphatic heterocycles. The van der Waals surface area contributed by atoms with E-state index >= 15 is 0 Å². The predicted molar refractivity (Wildman–Crippen MR) is 65.5 cm³/mol. The zero-order chi connectivity index (χ0) is 12.5. The SMILES string of the molecule is C=CCCOCCNc1nc[nH]c(=O)c1OC. The number of rotatable bonds is 8. The summed E-state index contributed by atoms with van der Waals surface area (Å²) in [5.74, 6) is 0.599. The molecule has 94 valence electrons. The number of methoxy groups -OCH3 is 1. The van der Waals surface area contributed by atoms with E-state index < -0.39 is 0 Å². The first-order valence-electron chi connectivity index (χ1n) is 5.33. The minimum atomic E-state index is -0.308. The second kappa shape index (κ2) is 7.45. The van der Waals surface area contributed by atoms with E-state index in [1.54, 1.807) is 6.08 Å². The number of nitrogens with zero attached hydrogens (tertiary/aromatic N) is 1. The lowest BCUT2D eigenvalue weighted by atomic mass is 10.4. The predicted octanol–water partition coefficient (Wildman–Crippen LogP) is 0.783. The molecule has 0 bridgehead atoms. The molecule has 0 aliphatic rings. The number of aromatic amines is 1. The van der Waals surface area contributed by atoms with Gasteiger partial charge in [0.2, 0.25) is 5.75 Å². The van der Waals surface area contributed by atoms with Gasteiger partial charge in [-0.3, -0.25) is 4.79 Å². The molecule has 2 N–H and O–H groups in total. The van der Waals surface area contributed by atoms with Gasteiger partial charge in [-0.25, -0.2) is 4.98 Å². The summed E-state index contributed by atoms with van der Waals surface area (Å²) in [6.45, 7) is 5.33. The first kappa shape index (κ1) is 13.2. The topological polar surface area (TPSA) is 76.2 Å². The number of nitrogens with one attached hydrogen (secondary N) is 2. The van der Waals surface area contributed by atoms with Gasteiger partial charge in [0.25, 0.3) is 5.56 Å². The average Bonchev–Trinajstić information content (AvgIpc) is 2.34. The first-order chi connectivity index (χ1) is 8.29. The zero-order valence-electron chi connectivity index (χ0n) is 9.86. The van der Waals surface area contributed by atoms with Crippen molar-refractivity contribution in [2.75, 3.05) is 32.2 Å². The number of ether oxygens (including phenoxy) is 2. The van der Waals surface area contributed by atoms with Crippen LogP contribution in [0, 0.1) is 0 Å². The molecule has 0 atom stereocenters. The monoisotopic (exact) mass is 239 g/mol. The molecular formula is C11H17N3O3. The number of hydrogen-bond acceptors (Lipinski definition) is 5. The van der Waals surface area contributed by atoms with Crippen molar-refractivity contribution in [3.8, 4) is 5.75 Å². The summed E-state index contributed by atoms with van der Waals surface area (Å²) in [7, 11) is 1.43. The van der Waals surface area contributed by atoms with Crippen molar-refractivity contribution in [3.05, 3.63) is 29.3 Å². The van der Waals surface area contributed by atoms with E-state index in [4.69, 9.17) is 9.47 Å². The minimum Gasteiger partial charge on any atom is -0.489 e. The van der Waals surface area contributed by atoms with Crippen molar-refractivity contribution >= 4 is 5.82 Å². The molecular weight excluding hydrogens is 222 g/mol. The molecule has 6 nitrogen and oxygen atoms in total. The highest BCUT2D eigenvalue weighted by Gasteiger charge is 2.07. The van der Waals surface area contributed by atoms with Crippen LogP contribution in [0.5, 0.6) is 5.75 Å². The van der Waals surface area contributed by atoms with E-state index in [0.29, 0.717) is 25.6 Å². The fourth-order valence-corrected chi connectivity index (χ4v) is 1.21. The van der Waals surface area contributed by atoms with Crippen LogP contribution in [0.15, 0.2) is 23.8 Å². The lowest BCUT2D eigenvalue weighted by Crippen LogP contribution is -2.16. The van der Waals surface area contributed by atoms with Crippen molar-refractivity contribution in [2.24, 2.45) is 0 Å². The highest BCUT2D eigenvalue weighted by atomic mass is 16.5. The van der Waals surface area contributed by atoms with Gasteiger partial charge in [0.15, 0.2) is 5.82 Å². The van der Waals surface area contributed by atoms with E-state index in [9.17, 15) is 4.79 Å². The standard InChI is InChI=1S/C11H17N3O3/c1-3-4-6-17-7-5-12-10-9(16-2)11(15)14-8-13-10/h3,8H,1,4-7H2,2H3,(H2,12,13,14,15). The van der Waals surface area contributed by atoms with Gasteiger partial charge in [-0.15, -0.1) is 6.58 Å². The highest BCUT2D eigenvalue weighted by Crippen LogP contribution is 2.13. The molecule has 1 aromatic heterocycles. The Morgan fingerprint density at radius 1 is 1.59 bits per heavy atom. The summed E-state index contributed by atoms with van der Waals surface area (Å²) in [5.41, 5.74) is -0.308. The Hall–Kier alpha value is -1.82. The van der Waals surface area contributed by atoms with Gasteiger partial charge < -0.3 is 19.8 Å². The Labute approximate surface area is 99.7 Å². The molecule has 0 unspecified atom stereocenters. The van der Waals surface area contributed by atoms with Gasteiger partial charge in [-0.05, 0) is 6.42 Å². The van der Waals surface area contributed by atoms with Gasteiger partial charge in [0.05, 0.1) is 26.7 Å². The number of aromatic nitrogens is 2. The summed E-state index contributed by atoms with van der Waals surface area (Å²) in [6.07, 6.45) is 3.95.